The molecule has 0 aliphatic carbocycles. The number of nitrogens with zero attached hydrogens (tertiary/aromatic N) is 1. The normalized spacial score (nSPS) is 12.2. The van der Waals surface area contributed by atoms with Crippen LogP contribution < -0.4 is 10.1 Å². The lowest BCUT2D eigenvalue weighted by Gasteiger charge is -2.20. The summed E-state index contributed by atoms with van der Waals surface area (Å²) in [7, 11) is 3.62. The maximum absolute atomic E-state index is 5.43. The highest BCUT2D eigenvalue weighted by Crippen LogP contribution is 2.31. The first kappa shape index (κ1) is 13.1. The fraction of sp³-hybridized carbons (Fsp3) is 0.214. The number of ether oxygens (including phenoxy) is 1. The minimum absolute atomic E-state index is 0.0837. The highest BCUT2D eigenvalue weighted by atomic mass is 79.9. The van der Waals surface area contributed by atoms with Crippen molar-refractivity contribution >= 4 is 15.9 Å². The lowest BCUT2D eigenvalue weighted by atomic mass is 9.99. The molecule has 1 aromatic heterocycles. The molecule has 0 saturated heterocycles. The summed E-state index contributed by atoms with van der Waals surface area (Å²) >= 11 is 3.50. The van der Waals surface area contributed by atoms with E-state index in [2.05, 4.69) is 32.3 Å². The molecule has 1 N–H and O–H groups in total. The molecule has 0 fully saturated rings. The van der Waals surface area contributed by atoms with Gasteiger partial charge < -0.3 is 10.1 Å². The van der Waals surface area contributed by atoms with Crippen molar-refractivity contribution < 1.29 is 4.74 Å². The number of pyridine rings is 1. The molecule has 0 aliphatic rings. The Morgan fingerprint density at radius 3 is 2.56 bits per heavy atom. The molecular weight excluding hydrogens is 292 g/mol. The molecule has 1 atom stereocenters. The maximum atomic E-state index is 5.43. The predicted octanol–water partition coefficient (Wildman–Crippen LogP) is 3.16. The summed E-state index contributed by atoms with van der Waals surface area (Å²) in [5.74, 6) is 0.870. The van der Waals surface area contributed by atoms with Crippen molar-refractivity contribution in [2.75, 3.05) is 14.2 Å². The minimum atomic E-state index is 0.0837. The summed E-state index contributed by atoms with van der Waals surface area (Å²) in [6.07, 6.45) is 3.59. The van der Waals surface area contributed by atoms with Gasteiger partial charge in [-0.15, -0.1) is 0 Å². The quantitative estimate of drug-likeness (QED) is 0.942. The summed E-state index contributed by atoms with van der Waals surface area (Å²) < 4.78 is 6.46. The van der Waals surface area contributed by atoms with E-state index in [1.165, 1.54) is 0 Å². The van der Waals surface area contributed by atoms with E-state index in [0.717, 1.165) is 21.3 Å². The molecule has 2 aromatic rings. The number of benzene rings is 1. The first-order chi connectivity index (χ1) is 8.76. The monoisotopic (exact) mass is 306 g/mol. The minimum Gasteiger partial charge on any atom is -0.496 e. The number of methoxy groups -OCH3 is 1. The third kappa shape index (κ3) is 2.71. The Morgan fingerprint density at radius 1 is 1.22 bits per heavy atom. The van der Waals surface area contributed by atoms with Crippen molar-refractivity contribution in [3.63, 3.8) is 0 Å². The third-order valence-electron chi connectivity index (χ3n) is 2.83. The van der Waals surface area contributed by atoms with Crippen molar-refractivity contribution in [3.8, 4) is 5.75 Å². The smallest absolute Gasteiger partial charge is 0.124 e. The summed E-state index contributed by atoms with van der Waals surface area (Å²) in [5, 5.41) is 3.31. The first-order valence-electron chi connectivity index (χ1n) is 5.67. The van der Waals surface area contributed by atoms with E-state index in [1.54, 1.807) is 19.5 Å². The van der Waals surface area contributed by atoms with E-state index in [0.29, 0.717) is 0 Å². The van der Waals surface area contributed by atoms with Crippen LogP contribution in [0.1, 0.15) is 17.2 Å². The number of hydrogen-bond acceptors (Lipinski definition) is 3. The Kier molecular flexibility index (Phi) is 4.33. The molecule has 0 saturated carbocycles. The second-order valence-electron chi connectivity index (χ2n) is 3.89. The van der Waals surface area contributed by atoms with Crippen LogP contribution in [0.15, 0.2) is 47.2 Å². The van der Waals surface area contributed by atoms with Gasteiger partial charge in [0.25, 0.3) is 0 Å². The Labute approximate surface area is 115 Å². The van der Waals surface area contributed by atoms with Crippen LogP contribution in [0.2, 0.25) is 0 Å². The molecule has 1 aromatic carbocycles. The average Bonchev–Trinajstić information content (AvgIpc) is 2.41. The highest BCUT2D eigenvalue weighted by Gasteiger charge is 2.16. The van der Waals surface area contributed by atoms with Crippen LogP contribution in [-0.2, 0) is 0 Å². The topological polar surface area (TPSA) is 34.2 Å². The Balaban J connectivity index is 2.48. The van der Waals surface area contributed by atoms with Gasteiger partial charge in [0, 0.05) is 22.4 Å². The predicted molar refractivity (Wildman–Crippen MR) is 75.8 cm³/mol. The van der Waals surface area contributed by atoms with Crippen LogP contribution in [-0.4, -0.2) is 19.1 Å². The maximum Gasteiger partial charge on any atom is 0.124 e. The molecule has 4 heteroatoms. The van der Waals surface area contributed by atoms with Crippen LogP contribution in [0.25, 0.3) is 0 Å². The van der Waals surface area contributed by atoms with Gasteiger partial charge in [-0.25, -0.2) is 0 Å². The van der Waals surface area contributed by atoms with Gasteiger partial charge in [-0.1, -0.05) is 15.9 Å². The van der Waals surface area contributed by atoms with Gasteiger partial charge >= 0.3 is 0 Å². The van der Waals surface area contributed by atoms with Crippen LogP contribution in [0.3, 0.4) is 0 Å². The number of rotatable bonds is 4. The summed E-state index contributed by atoms with van der Waals surface area (Å²) in [4.78, 5) is 4.05. The SMILES string of the molecule is CNC(c1ccncc1)c1cc(Br)ccc1OC. The molecule has 0 aliphatic heterocycles. The van der Waals surface area contributed by atoms with Crippen molar-refractivity contribution in [2.24, 2.45) is 0 Å². The van der Waals surface area contributed by atoms with Crippen LogP contribution >= 0.6 is 15.9 Å². The number of hydrogen-bond donors (Lipinski definition) is 1. The van der Waals surface area contributed by atoms with Crippen LogP contribution in [0, 0.1) is 0 Å². The molecule has 94 valence electrons. The number of halogens is 1. The molecular formula is C14H15BrN2O. The lowest BCUT2D eigenvalue weighted by Crippen LogP contribution is -2.18. The summed E-state index contributed by atoms with van der Waals surface area (Å²) in [6, 6.07) is 10.1. The van der Waals surface area contributed by atoms with E-state index in [4.69, 9.17) is 4.74 Å². The number of nitrogens with one attached hydrogen (secondary N) is 1. The average molecular weight is 307 g/mol. The first-order valence-corrected chi connectivity index (χ1v) is 6.46. The van der Waals surface area contributed by atoms with Gasteiger partial charge in [0.1, 0.15) is 5.75 Å². The van der Waals surface area contributed by atoms with Gasteiger partial charge in [-0.05, 0) is 42.9 Å². The van der Waals surface area contributed by atoms with Crippen molar-refractivity contribution in [1.29, 1.82) is 0 Å². The van der Waals surface area contributed by atoms with E-state index in [1.807, 2.05) is 31.3 Å². The molecule has 3 nitrogen and oxygen atoms in total. The fourth-order valence-electron chi connectivity index (χ4n) is 1.99. The van der Waals surface area contributed by atoms with Gasteiger partial charge in [-0.3, -0.25) is 4.98 Å². The molecule has 1 heterocycles. The Morgan fingerprint density at radius 2 is 1.94 bits per heavy atom. The van der Waals surface area contributed by atoms with Gasteiger partial charge in [0.15, 0.2) is 0 Å². The van der Waals surface area contributed by atoms with Crippen molar-refractivity contribution in [2.45, 2.75) is 6.04 Å². The van der Waals surface area contributed by atoms with Crippen molar-refractivity contribution in [3.05, 3.63) is 58.3 Å². The summed E-state index contributed by atoms with van der Waals surface area (Å²) in [6.45, 7) is 0. The standard InChI is InChI=1S/C14H15BrN2O/c1-16-14(10-5-7-17-8-6-10)12-9-11(15)3-4-13(12)18-2/h3-9,14,16H,1-2H3. The van der Waals surface area contributed by atoms with Gasteiger partial charge in [0.2, 0.25) is 0 Å². The molecule has 0 bridgehead atoms. The van der Waals surface area contributed by atoms with E-state index >= 15 is 0 Å². The number of aromatic nitrogens is 1. The van der Waals surface area contributed by atoms with E-state index in [-0.39, 0.29) is 6.04 Å². The molecule has 2 rings (SSSR count). The van der Waals surface area contributed by atoms with Crippen LogP contribution in [0.5, 0.6) is 5.75 Å². The lowest BCUT2D eigenvalue weighted by molar-refractivity contribution is 0.405. The largest absolute Gasteiger partial charge is 0.496 e. The Hall–Kier alpha value is -1.39. The zero-order valence-corrected chi connectivity index (χ0v) is 11.9. The molecule has 0 amide bonds. The third-order valence-corrected chi connectivity index (χ3v) is 3.32. The van der Waals surface area contributed by atoms with Gasteiger partial charge in [-0.2, -0.15) is 0 Å². The van der Waals surface area contributed by atoms with E-state index in [9.17, 15) is 0 Å². The molecule has 1 unspecified atom stereocenters. The molecule has 0 spiro atoms. The van der Waals surface area contributed by atoms with Crippen molar-refractivity contribution in [1.82, 2.24) is 10.3 Å². The Bertz CT molecular complexity index is 516. The second kappa shape index (κ2) is 5.98. The molecule has 0 radical (unpaired) electrons. The molecule has 18 heavy (non-hydrogen) atoms. The zero-order chi connectivity index (χ0) is 13.0. The zero-order valence-electron chi connectivity index (χ0n) is 10.4. The van der Waals surface area contributed by atoms with Crippen LogP contribution in [0.4, 0.5) is 0 Å². The second-order valence-corrected chi connectivity index (χ2v) is 4.80. The van der Waals surface area contributed by atoms with Gasteiger partial charge in [0.05, 0.1) is 13.2 Å². The highest BCUT2D eigenvalue weighted by molar-refractivity contribution is 9.10. The van der Waals surface area contributed by atoms with E-state index < -0.39 is 0 Å². The fourth-order valence-corrected chi connectivity index (χ4v) is 2.37. The summed E-state index contributed by atoms with van der Waals surface area (Å²) in [5.41, 5.74) is 2.25.